The third kappa shape index (κ3) is 6.02. The van der Waals surface area contributed by atoms with E-state index in [-0.39, 0.29) is 19.6 Å². The number of esters is 2. The molecule has 0 unspecified atom stereocenters. The molecular formula is C7H7O8-. The quantitative estimate of drug-likeness (QED) is 0.307. The first-order valence-corrected chi connectivity index (χ1v) is 3.73. The van der Waals surface area contributed by atoms with Crippen LogP contribution < -0.4 is 5.11 Å². The second-order valence-electron chi connectivity index (χ2n) is 2.22. The monoisotopic (exact) mass is 219 g/mol. The van der Waals surface area contributed by atoms with Crippen LogP contribution in [0.3, 0.4) is 0 Å². The van der Waals surface area contributed by atoms with Gasteiger partial charge in [0.15, 0.2) is 5.97 Å². The Kier molecular flexibility index (Phi) is 5.45. The molecule has 0 fully saturated rings. The van der Waals surface area contributed by atoms with Gasteiger partial charge < -0.3 is 24.5 Å². The Morgan fingerprint density at radius 3 is 1.87 bits per heavy atom. The summed E-state index contributed by atoms with van der Waals surface area (Å²) in [4.78, 5) is 40.3. The van der Waals surface area contributed by atoms with Gasteiger partial charge in [-0.25, -0.2) is 14.4 Å². The second-order valence-corrected chi connectivity index (χ2v) is 2.22. The first-order valence-electron chi connectivity index (χ1n) is 3.73. The summed E-state index contributed by atoms with van der Waals surface area (Å²) in [5, 5.41) is 17.9. The summed E-state index contributed by atoms with van der Waals surface area (Å²) in [6.07, 6.45) is -0.00194. The largest absolute Gasteiger partial charge is 0.539 e. The Labute approximate surface area is 83.4 Å². The molecule has 1 N–H and O–H groups in total. The minimum Gasteiger partial charge on any atom is -0.539 e. The van der Waals surface area contributed by atoms with E-state index in [0.717, 1.165) is 0 Å². The van der Waals surface area contributed by atoms with Crippen molar-refractivity contribution in [3.8, 4) is 0 Å². The summed E-state index contributed by atoms with van der Waals surface area (Å²) < 4.78 is 8.26. The lowest BCUT2D eigenvalue weighted by Crippen LogP contribution is -2.33. The highest BCUT2D eigenvalue weighted by Crippen LogP contribution is 1.87. The maximum atomic E-state index is 10.3. The van der Waals surface area contributed by atoms with E-state index in [9.17, 15) is 24.3 Å². The van der Waals surface area contributed by atoms with Gasteiger partial charge in [0.05, 0.1) is 13.2 Å². The third-order valence-corrected chi connectivity index (χ3v) is 1.10. The molecule has 0 aliphatic heterocycles. The molecule has 8 nitrogen and oxygen atoms in total. The van der Waals surface area contributed by atoms with E-state index < -0.39 is 23.9 Å². The van der Waals surface area contributed by atoms with Gasteiger partial charge in [-0.3, -0.25) is 0 Å². The molecule has 84 valence electrons. The first kappa shape index (κ1) is 12.9. The number of hydrogen-bond donors (Lipinski definition) is 1. The molecule has 0 bridgehead atoms. The van der Waals surface area contributed by atoms with Crippen molar-refractivity contribution < 1.29 is 38.9 Å². The van der Waals surface area contributed by atoms with E-state index >= 15 is 0 Å². The van der Waals surface area contributed by atoms with Crippen molar-refractivity contribution in [1.82, 2.24) is 0 Å². The standard InChI is InChI=1S/C7H8O8/c8-4(9)6(12)14-2-1-3-15-7(13)5(10)11/h1-3H2,(H,8,9)(H,10,11)/p-1. The molecule has 0 aliphatic carbocycles. The zero-order chi connectivity index (χ0) is 11.8. The number of hydrogen-bond acceptors (Lipinski definition) is 7. The summed E-state index contributed by atoms with van der Waals surface area (Å²) >= 11 is 0. The third-order valence-electron chi connectivity index (χ3n) is 1.10. The lowest BCUT2D eigenvalue weighted by atomic mass is 10.5. The molecule has 0 atom stereocenters. The molecule has 0 saturated heterocycles. The average Bonchev–Trinajstić information content (AvgIpc) is 2.16. The number of carbonyl (C=O) groups excluding carboxylic acids is 3. The van der Waals surface area contributed by atoms with Crippen molar-refractivity contribution in [2.24, 2.45) is 0 Å². The molecule has 0 amide bonds. The predicted octanol–water partition coefficient (Wildman–Crippen LogP) is -2.70. The minimum atomic E-state index is -1.97. The van der Waals surface area contributed by atoms with E-state index in [1.807, 2.05) is 0 Å². The number of rotatable bonds is 4. The molecule has 0 spiro atoms. The van der Waals surface area contributed by atoms with Crippen molar-refractivity contribution in [3.63, 3.8) is 0 Å². The van der Waals surface area contributed by atoms with Crippen molar-refractivity contribution in [2.45, 2.75) is 6.42 Å². The highest BCUT2D eigenvalue weighted by Gasteiger charge is 2.12. The van der Waals surface area contributed by atoms with Crippen molar-refractivity contribution >= 4 is 23.9 Å². The van der Waals surface area contributed by atoms with Crippen LogP contribution in [0, 0.1) is 0 Å². The van der Waals surface area contributed by atoms with Gasteiger partial charge in [-0.2, -0.15) is 0 Å². The molecule has 8 heteroatoms. The molecule has 0 radical (unpaired) electrons. The number of aliphatic carboxylic acids is 2. The van der Waals surface area contributed by atoms with E-state index in [0.29, 0.717) is 0 Å². The number of carboxylic acid groups (broad SMARTS) is 2. The molecule has 0 saturated carbocycles. The topological polar surface area (TPSA) is 130 Å². The lowest BCUT2D eigenvalue weighted by Gasteiger charge is -2.04. The summed E-state index contributed by atoms with van der Waals surface area (Å²) in [7, 11) is 0. The van der Waals surface area contributed by atoms with E-state index in [2.05, 4.69) is 9.47 Å². The van der Waals surface area contributed by atoms with Crippen LogP contribution in [-0.2, 0) is 28.7 Å². The van der Waals surface area contributed by atoms with Gasteiger partial charge in [0.1, 0.15) is 0 Å². The Morgan fingerprint density at radius 2 is 1.47 bits per heavy atom. The van der Waals surface area contributed by atoms with Crippen molar-refractivity contribution in [1.29, 1.82) is 0 Å². The van der Waals surface area contributed by atoms with Crippen LogP contribution in [0.1, 0.15) is 6.42 Å². The van der Waals surface area contributed by atoms with Crippen molar-refractivity contribution in [2.75, 3.05) is 13.2 Å². The van der Waals surface area contributed by atoms with Gasteiger partial charge in [-0.1, -0.05) is 0 Å². The fraction of sp³-hybridized carbons (Fsp3) is 0.429. The lowest BCUT2D eigenvalue weighted by molar-refractivity contribution is -0.303. The first-order chi connectivity index (χ1) is 6.95. The molecule has 0 aromatic rings. The summed E-state index contributed by atoms with van der Waals surface area (Å²) in [6, 6.07) is 0. The van der Waals surface area contributed by atoms with Gasteiger partial charge in [0, 0.05) is 6.42 Å². The molecule has 0 aliphatic rings. The number of ether oxygens (including phenoxy) is 2. The predicted molar refractivity (Wildman–Crippen MR) is 39.2 cm³/mol. The van der Waals surface area contributed by atoms with Crippen LogP contribution in [0.4, 0.5) is 0 Å². The van der Waals surface area contributed by atoms with Gasteiger partial charge in [0.2, 0.25) is 0 Å². The van der Waals surface area contributed by atoms with E-state index in [4.69, 9.17) is 5.11 Å². The second kappa shape index (κ2) is 6.35. The molecule has 0 heterocycles. The average molecular weight is 219 g/mol. The Bertz CT molecular complexity index is 253. The van der Waals surface area contributed by atoms with Crippen LogP contribution in [0.15, 0.2) is 0 Å². The van der Waals surface area contributed by atoms with Crippen LogP contribution >= 0.6 is 0 Å². The summed E-state index contributed by atoms with van der Waals surface area (Å²) in [6.45, 7) is -0.592. The fourth-order valence-electron chi connectivity index (χ4n) is 0.509. The highest BCUT2D eigenvalue weighted by molar-refractivity contribution is 6.28. The van der Waals surface area contributed by atoms with Gasteiger partial charge in [-0.15, -0.1) is 0 Å². The Balaban J connectivity index is 3.48. The smallest absolute Gasteiger partial charge is 0.417 e. The van der Waals surface area contributed by atoms with Crippen LogP contribution in [0.25, 0.3) is 0 Å². The molecule has 0 rings (SSSR count). The molecule has 0 aromatic carbocycles. The van der Waals surface area contributed by atoms with Gasteiger partial charge in [-0.05, 0) is 0 Å². The van der Waals surface area contributed by atoms with Crippen molar-refractivity contribution in [3.05, 3.63) is 0 Å². The molecular weight excluding hydrogens is 212 g/mol. The van der Waals surface area contributed by atoms with Gasteiger partial charge >= 0.3 is 17.9 Å². The van der Waals surface area contributed by atoms with Crippen LogP contribution in [0.2, 0.25) is 0 Å². The molecule has 15 heavy (non-hydrogen) atoms. The zero-order valence-electron chi connectivity index (χ0n) is 7.43. The summed E-state index contributed by atoms with van der Waals surface area (Å²) in [5.41, 5.74) is 0. The number of carboxylic acids is 2. The zero-order valence-corrected chi connectivity index (χ0v) is 7.43. The Hall–Kier alpha value is -2.12. The maximum absolute atomic E-state index is 10.3. The summed E-state index contributed by atoms with van der Waals surface area (Å²) in [5.74, 6) is -6.67. The fourth-order valence-corrected chi connectivity index (χ4v) is 0.509. The number of carbonyl (C=O) groups is 4. The Morgan fingerprint density at radius 1 is 1.00 bits per heavy atom. The van der Waals surface area contributed by atoms with Crippen LogP contribution in [-0.4, -0.2) is 42.2 Å². The van der Waals surface area contributed by atoms with E-state index in [1.54, 1.807) is 0 Å². The maximum Gasteiger partial charge on any atom is 0.417 e. The SMILES string of the molecule is O=C([O-])C(=O)OCCCOC(=O)C(=O)O. The van der Waals surface area contributed by atoms with Crippen LogP contribution in [0.5, 0.6) is 0 Å². The van der Waals surface area contributed by atoms with E-state index in [1.165, 1.54) is 0 Å². The van der Waals surface area contributed by atoms with Gasteiger partial charge in [0.25, 0.3) is 0 Å². The normalized spacial score (nSPS) is 9.07. The minimum absolute atomic E-state index is 0.00194. The highest BCUT2D eigenvalue weighted by atomic mass is 16.6. The molecule has 0 aromatic heterocycles.